The normalized spacial score (nSPS) is 12.0. The average molecular weight is 585 g/mol. The van der Waals surface area contributed by atoms with Crippen LogP contribution in [0.5, 0.6) is 0 Å². The lowest BCUT2D eigenvalue weighted by molar-refractivity contribution is -0.113. The van der Waals surface area contributed by atoms with E-state index in [9.17, 15) is 9.59 Å². The molecule has 0 radical (unpaired) electrons. The van der Waals surface area contributed by atoms with Crippen molar-refractivity contribution in [3.63, 3.8) is 0 Å². The van der Waals surface area contributed by atoms with Gasteiger partial charge >= 0.3 is 0 Å². The summed E-state index contributed by atoms with van der Waals surface area (Å²) in [6.07, 6.45) is 0. The third kappa shape index (κ3) is 6.53. The predicted octanol–water partition coefficient (Wildman–Crippen LogP) is 6.23. The molecule has 0 aliphatic carbocycles. The van der Waals surface area contributed by atoms with Crippen LogP contribution in [-0.4, -0.2) is 32.3 Å². The summed E-state index contributed by atoms with van der Waals surface area (Å²) in [6.45, 7) is 5.95. The molecule has 0 saturated heterocycles. The summed E-state index contributed by atoms with van der Waals surface area (Å²) in [4.78, 5) is 25.2. The summed E-state index contributed by atoms with van der Waals surface area (Å²) in [7, 11) is 1.79. The number of rotatable bonds is 8. The number of carbonyl (C=O) groups excluding carboxylic acids is 2. The van der Waals surface area contributed by atoms with Crippen molar-refractivity contribution < 1.29 is 9.59 Å². The molecule has 3 rings (SSSR count). The third-order valence-corrected chi connectivity index (χ3v) is 7.08. The molecule has 0 saturated carbocycles. The number of aromatic nitrogens is 3. The van der Waals surface area contributed by atoms with Gasteiger partial charge in [0, 0.05) is 22.2 Å². The Bertz CT molecular complexity index is 1220. The van der Waals surface area contributed by atoms with E-state index >= 15 is 0 Å². The second kappa shape index (κ2) is 11.6. The fourth-order valence-corrected chi connectivity index (χ4v) is 4.87. The fraction of sp³-hybridized carbons (Fsp3) is 0.304. The van der Waals surface area contributed by atoms with Crippen LogP contribution < -0.4 is 10.6 Å². The molecular formula is C23H24BrCl2N5O2S. The van der Waals surface area contributed by atoms with E-state index in [0.29, 0.717) is 21.6 Å². The number of nitrogens with one attached hydrogen (secondary N) is 2. The highest BCUT2D eigenvalue weighted by Crippen LogP contribution is 2.28. The molecule has 2 amide bonds. The Kier molecular flexibility index (Phi) is 9.03. The highest BCUT2D eigenvalue weighted by Gasteiger charge is 2.20. The molecule has 1 aromatic heterocycles. The van der Waals surface area contributed by atoms with Gasteiger partial charge in [0.25, 0.3) is 5.91 Å². The van der Waals surface area contributed by atoms with Gasteiger partial charge in [-0.1, -0.05) is 64.7 Å². The first-order chi connectivity index (χ1) is 16.1. The van der Waals surface area contributed by atoms with Gasteiger partial charge in [0.05, 0.1) is 22.4 Å². The monoisotopic (exact) mass is 583 g/mol. The van der Waals surface area contributed by atoms with Crippen LogP contribution in [0.4, 0.5) is 5.69 Å². The Morgan fingerprint density at radius 3 is 2.53 bits per heavy atom. The van der Waals surface area contributed by atoms with Gasteiger partial charge in [-0.25, -0.2) is 0 Å². The molecular weight excluding hydrogens is 561 g/mol. The van der Waals surface area contributed by atoms with E-state index in [-0.39, 0.29) is 28.5 Å². The van der Waals surface area contributed by atoms with Crippen LogP contribution in [0.15, 0.2) is 46.0 Å². The van der Waals surface area contributed by atoms with E-state index in [0.717, 1.165) is 15.7 Å². The number of benzene rings is 2. The molecule has 11 heteroatoms. The van der Waals surface area contributed by atoms with E-state index < -0.39 is 6.04 Å². The molecule has 0 fully saturated rings. The van der Waals surface area contributed by atoms with Crippen molar-refractivity contribution in [3.05, 3.63) is 67.9 Å². The van der Waals surface area contributed by atoms with Crippen LogP contribution in [0.3, 0.4) is 0 Å². The molecule has 3 aromatic rings. The molecule has 34 heavy (non-hydrogen) atoms. The molecule has 0 bridgehead atoms. The highest BCUT2D eigenvalue weighted by atomic mass is 79.9. The van der Waals surface area contributed by atoms with Crippen LogP contribution >= 0.6 is 50.9 Å². The number of hydrogen-bond acceptors (Lipinski definition) is 5. The number of nitrogens with zero attached hydrogens (tertiary/aromatic N) is 3. The van der Waals surface area contributed by atoms with Crippen LogP contribution in [-0.2, 0) is 11.8 Å². The minimum absolute atomic E-state index is 0.141. The van der Waals surface area contributed by atoms with Crippen molar-refractivity contribution in [1.82, 2.24) is 20.1 Å². The van der Waals surface area contributed by atoms with Crippen LogP contribution in [0.25, 0.3) is 0 Å². The SMILES string of the molecule is CC(C)c1cc(Br)ccc1NC(=O)CSc1nnc([C@@H](C)NC(=O)c2ccc(Cl)cc2Cl)n1C. The standard InChI is InChI=1S/C23H24BrCl2N5O2S/c1-12(2)17-9-14(24)5-8-19(17)28-20(32)11-34-23-30-29-21(31(23)4)13(3)27-22(33)16-7-6-15(25)10-18(16)26/h5-10,12-13H,11H2,1-4H3,(H,27,33)(H,28,32)/t13-/m1/s1. The molecule has 180 valence electrons. The van der Waals surface area contributed by atoms with Crippen LogP contribution in [0, 0.1) is 0 Å². The number of anilines is 1. The van der Waals surface area contributed by atoms with Crippen molar-refractivity contribution in [2.45, 2.75) is 37.9 Å². The Labute approximate surface area is 221 Å². The summed E-state index contributed by atoms with van der Waals surface area (Å²) < 4.78 is 2.72. The van der Waals surface area contributed by atoms with Gasteiger partial charge in [-0.2, -0.15) is 0 Å². The zero-order chi connectivity index (χ0) is 25.0. The van der Waals surface area contributed by atoms with Gasteiger partial charge in [0.1, 0.15) is 0 Å². The van der Waals surface area contributed by atoms with E-state index in [2.05, 4.69) is 50.6 Å². The third-order valence-electron chi connectivity index (χ3n) is 5.02. The lowest BCUT2D eigenvalue weighted by Gasteiger charge is -2.15. The summed E-state index contributed by atoms with van der Waals surface area (Å²) in [6, 6.07) is 10.1. The maximum Gasteiger partial charge on any atom is 0.253 e. The number of amides is 2. The second-order valence-electron chi connectivity index (χ2n) is 7.94. The van der Waals surface area contributed by atoms with Crippen molar-refractivity contribution in [1.29, 1.82) is 0 Å². The van der Waals surface area contributed by atoms with Crippen molar-refractivity contribution >= 4 is 68.4 Å². The van der Waals surface area contributed by atoms with Gasteiger partial charge in [-0.15, -0.1) is 10.2 Å². The predicted molar refractivity (Wildman–Crippen MR) is 141 cm³/mol. The number of halogens is 3. The first kappa shape index (κ1) is 26.5. The van der Waals surface area contributed by atoms with Gasteiger partial charge in [0.15, 0.2) is 11.0 Å². The van der Waals surface area contributed by atoms with Crippen molar-refractivity contribution in [3.8, 4) is 0 Å². The number of thioether (sulfide) groups is 1. The fourth-order valence-electron chi connectivity index (χ4n) is 3.28. The molecule has 0 spiro atoms. The van der Waals surface area contributed by atoms with Crippen LogP contribution in [0.2, 0.25) is 10.0 Å². The molecule has 1 atom stereocenters. The summed E-state index contributed by atoms with van der Waals surface area (Å²) in [5, 5.41) is 15.5. The van der Waals surface area contributed by atoms with E-state index in [1.165, 1.54) is 17.8 Å². The maximum absolute atomic E-state index is 12.6. The lowest BCUT2D eigenvalue weighted by atomic mass is 10.0. The van der Waals surface area contributed by atoms with Gasteiger partial charge in [0.2, 0.25) is 5.91 Å². The minimum atomic E-state index is -0.434. The van der Waals surface area contributed by atoms with E-state index in [4.69, 9.17) is 23.2 Å². The van der Waals surface area contributed by atoms with Gasteiger partial charge in [-0.3, -0.25) is 9.59 Å². The Balaban J connectivity index is 1.62. The molecule has 2 N–H and O–H groups in total. The van der Waals surface area contributed by atoms with E-state index in [1.54, 1.807) is 30.7 Å². The molecule has 2 aromatic carbocycles. The van der Waals surface area contributed by atoms with Crippen molar-refractivity contribution in [2.75, 3.05) is 11.1 Å². The van der Waals surface area contributed by atoms with Crippen LogP contribution in [0.1, 0.15) is 54.5 Å². The smallest absolute Gasteiger partial charge is 0.253 e. The lowest BCUT2D eigenvalue weighted by Crippen LogP contribution is -2.28. The van der Waals surface area contributed by atoms with Gasteiger partial charge in [-0.05, 0) is 54.8 Å². The molecule has 0 unspecified atom stereocenters. The largest absolute Gasteiger partial charge is 0.342 e. The molecule has 1 heterocycles. The Morgan fingerprint density at radius 1 is 1.12 bits per heavy atom. The number of carbonyl (C=O) groups is 2. The Morgan fingerprint density at radius 2 is 1.85 bits per heavy atom. The number of hydrogen-bond donors (Lipinski definition) is 2. The summed E-state index contributed by atoms with van der Waals surface area (Å²) in [5.41, 5.74) is 2.17. The zero-order valence-corrected chi connectivity index (χ0v) is 22.9. The molecule has 7 nitrogen and oxygen atoms in total. The second-order valence-corrected chi connectivity index (χ2v) is 10.6. The minimum Gasteiger partial charge on any atom is -0.342 e. The highest BCUT2D eigenvalue weighted by molar-refractivity contribution is 9.10. The summed E-state index contributed by atoms with van der Waals surface area (Å²) in [5.74, 6) is 0.497. The van der Waals surface area contributed by atoms with Crippen molar-refractivity contribution in [2.24, 2.45) is 7.05 Å². The maximum atomic E-state index is 12.6. The topological polar surface area (TPSA) is 88.9 Å². The molecule has 0 aliphatic rings. The molecule has 0 aliphatic heterocycles. The first-order valence-corrected chi connectivity index (χ1v) is 13.0. The summed E-state index contributed by atoms with van der Waals surface area (Å²) >= 11 is 16.8. The van der Waals surface area contributed by atoms with Gasteiger partial charge < -0.3 is 15.2 Å². The quantitative estimate of drug-likeness (QED) is 0.306. The Hall–Kier alpha value is -2.07. The van der Waals surface area contributed by atoms with E-state index in [1.807, 2.05) is 18.2 Å². The average Bonchev–Trinajstić information content (AvgIpc) is 3.13. The zero-order valence-electron chi connectivity index (χ0n) is 19.0. The first-order valence-electron chi connectivity index (χ1n) is 10.4.